The topological polar surface area (TPSA) is 78.4 Å². The number of aliphatic hydroxyl groups excluding tert-OH is 1. The van der Waals surface area contributed by atoms with E-state index in [0.29, 0.717) is 12.0 Å². The molecule has 5 nitrogen and oxygen atoms in total. The maximum Gasteiger partial charge on any atom is 0.298 e. The summed E-state index contributed by atoms with van der Waals surface area (Å²) in [4.78, 5) is 0. The lowest BCUT2D eigenvalue weighted by Crippen LogP contribution is -2.26. The Bertz CT molecular complexity index is 576. The van der Waals surface area contributed by atoms with Gasteiger partial charge < -0.3 is 5.11 Å². The van der Waals surface area contributed by atoms with Crippen molar-refractivity contribution < 1.29 is 13.5 Å². The van der Waals surface area contributed by atoms with Gasteiger partial charge in [0.05, 0.1) is 17.3 Å². The minimum Gasteiger partial charge on any atom is -0.395 e. The number of halogens is 1. The Kier molecular flexibility index (Phi) is 5.44. The molecule has 3 N–H and O–H groups in total. The highest BCUT2D eigenvalue weighted by atomic mass is 35.5. The van der Waals surface area contributed by atoms with Gasteiger partial charge in [0.25, 0.3) is 10.2 Å². The Morgan fingerprint density at radius 2 is 2.17 bits per heavy atom. The van der Waals surface area contributed by atoms with Gasteiger partial charge in [-0.3, -0.25) is 4.72 Å². The van der Waals surface area contributed by atoms with Crippen molar-refractivity contribution in [3.63, 3.8) is 0 Å². The van der Waals surface area contributed by atoms with E-state index in [0.717, 1.165) is 0 Å². The zero-order chi connectivity index (χ0) is 13.6. The highest BCUT2D eigenvalue weighted by molar-refractivity contribution is 7.90. The molecule has 0 spiro atoms. The van der Waals surface area contributed by atoms with Gasteiger partial charge in [0.1, 0.15) is 0 Å². The molecule has 0 amide bonds. The zero-order valence-corrected chi connectivity index (χ0v) is 11.3. The first kappa shape index (κ1) is 14.8. The summed E-state index contributed by atoms with van der Waals surface area (Å²) in [6.07, 6.45) is 0.361. The summed E-state index contributed by atoms with van der Waals surface area (Å²) < 4.78 is 27.1. The van der Waals surface area contributed by atoms with Crippen LogP contribution in [-0.2, 0) is 10.2 Å². The summed E-state index contributed by atoms with van der Waals surface area (Å²) in [5, 5.41) is 8.88. The molecule has 0 heterocycles. The van der Waals surface area contributed by atoms with Gasteiger partial charge in [-0.2, -0.15) is 8.42 Å². The molecular weight excluding hydrogens is 276 g/mol. The second kappa shape index (κ2) is 6.61. The molecule has 1 rings (SSSR count). The molecule has 0 radical (unpaired) electrons. The van der Waals surface area contributed by atoms with E-state index >= 15 is 0 Å². The summed E-state index contributed by atoms with van der Waals surface area (Å²) in [7, 11) is -2.32. The van der Waals surface area contributed by atoms with Crippen LogP contribution in [0.15, 0.2) is 18.2 Å². The van der Waals surface area contributed by atoms with Crippen LogP contribution in [-0.4, -0.2) is 27.2 Å². The number of hydrogen-bond acceptors (Lipinski definition) is 3. The lowest BCUT2D eigenvalue weighted by Gasteiger charge is -2.08. The fourth-order valence-electron chi connectivity index (χ4n) is 1.10. The van der Waals surface area contributed by atoms with Gasteiger partial charge in [0.15, 0.2) is 0 Å². The number of aliphatic hydroxyl groups is 1. The number of rotatable bonds is 4. The van der Waals surface area contributed by atoms with E-state index in [2.05, 4.69) is 21.3 Å². The van der Waals surface area contributed by atoms with Gasteiger partial charge >= 0.3 is 0 Å². The number of hydrogen-bond donors (Lipinski definition) is 3. The van der Waals surface area contributed by atoms with Crippen LogP contribution in [0, 0.1) is 11.8 Å². The molecule has 0 unspecified atom stereocenters. The maximum absolute atomic E-state index is 11.3. The smallest absolute Gasteiger partial charge is 0.298 e. The van der Waals surface area contributed by atoms with E-state index in [1.807, 2.05) is 0 Å². The molecule has 1 aromatic rings. The van der Waals surface area contributed by atoms with Gasteiger partial charge in [-0.25, -0.2) is 4.72 Å². The fourth-order valence-corrected chi connectivity index (χ4v) is 1.88. The van der Waals surface area contributed by atoms with E-state index in [-0.39, 0.29) is 17.3 Å². The second-order valence-electron chi connectivity index (χ2n) is 3.28. The highest BCUT2D eigenvalue weighted by Gasteiger charge is 2.09. The Morgan fingerprint density at radius 3 is 2.78 bits per heavy atom. The van der Waals surface area contributed by atoms with E-state index < -0.39 is 10.2 Å². The molecular formula is C11H13ClN2O3S. The van der Waals surface area contributed by atoms with Gasteiger partial charge in [-0.15, -0.1) is 0 Å². The summed E-state index contributed by atoms with van der Waals surface area (Å²) in [5.74, 6) is 5.53. The number of anilines is 1. The van der Waals surface area contributed by atoms with Crippen LogP contribution < -0.4 is 9.44 Å². The average Bonchev–Trinajstić information content (AvgIpc) is 2.33. The third kappa shape index (κ3) is 4.55. The Morgan fingerprint density at radius 1 is 1.44 bits per heavy atom. The third-order valence-corrected chi connectivity index (χ3v) is 3.30. The summed E-state index contributed by atoms with van der Waals surface area (Å²) in [6, 6.07) is 4.75. The molecule has 0 aliphatic heterocycles. The Labute approximate surface area is 111 Å². The van der Waals surface area contributed by atoms with Gasteiger partial charge in [0, 0.05) is 19.0 Å². The summed E-state index contributed by atoms with van der Waals surface area (Å²) in [5.41, 5.74) is 0.864. The standard InChI is InChI=1S/C11H13ClN2O3S/c1-13-18(16,17)14-11-8-9(4-2-3-7-15)5-6-10(11)12/h5-6,8,13-15H,3,7H2,1H3. The second-order valence-corrected chi connectivity index (χ2v) is 5.31. The molecule has 0 fully saturated rings. The van der Waals surface area contributed by atoms with Crippen molar-refractivity contribution in [1.82, 2.24) is 4.72 Å². The van der Waals surface area contributed by atoms with E-state index in [1.54, 1.807) is 12.1 Å². The molecule has 0 aromatic heterocycles. The normalized spacial score (nSPS) is 10.6. The van der Waals surface area contributed by atoms with Crippen molar-refractivity contribution >= 4 is 27.5 Å². The van der Waals surface area contributed by atoms with Gasteiger partial charge in [-0.05, 0) is 18.2 Å². The molecule has 0 saturated carbocycles. The monoisotopic (exact) mass is 288 g/mol. The van der Waals surface area contributed by atoms with Gasteiger partial charge in [-0.1, -0.05) is 23.4 Å². The molecule has 1 aromatic carbocycles. The van der Waals surface area contributed by atoms with Crippen LogP contribution in [0.25, 0.3) is 0 Å². The first-order chi connectivity index (χ1) is 8.48. The van der Waals surface area contributed by atoms with E-state index in [9.17, 15) is 8.42 Å². The molecule has 0 aliphatic rings. The summed E-state index contributed by atoms with van der Waals surface area (Å²) >= 11 is 5.88. The van der Waals surface area contributed by atoms with Crippen LogP contribution in [0.3, 0.4) is 0 Å². The van der Waals surface area contributed by atoms with Crippen molar-refractivity contribution in [1.29, 1.82) is 0 Å². The van der Waals surface area contributed by atoms with Crippen LogP contribution in [0.1, 0.15) is 12.0 Å². The van der Waals surface area contributed by atoms with Crippen molar-refractivity contribution in [2.24, 2.45) is 0 Å². The fraction of sp³-hybridized carbons (Fsp3) is 0.273. The van der Waals surface area contributed by atoms with Crippen molar-refractivity contribution in [2.45, 2.75) is 6.42 Å². The Hall–Kier alpha value is -1.26. The molecule has 18 heavy (non-hydrogen) atoms. The van der Waals surface area contributed by atoms with Crippen molar-refractivity contribution in [3.8, 4) is 11.8 Å². The molecule has 98 valence electrons. The lowest BCUT2D eigenvalue weighted by atomic mass is 10.2. The van der Waals surface area contributed by atoms with Crippen LogP contribution in [0.4, 0.5) is 5.69 Å². The van der Waals surface area contributed by atoms with Crippen molar-refractivity contribution in [3.05, 3.63) is 28.8 Å². The lowest BCUT2D eigenvalue weighted by molar-refractivity contribution is 0.305. The zero-order valence-electron chi connectivity index (χ0n) is 9.70. The number of benzene rings is 1. The van der Waals surface area contributed by atoms with Crippen LogP contribution in [0.2, 0.25) is 5.02 Å². The number of nitrogens with one attached hydrogen (secondary N) is 2. The minimum atomic E-state index is -3.61. The minimum absolute atomic E-state index is 0.0141. The Balaban J connectivity index is 2.99. The van der Waals surface area contributed by atoms with Gasteiger partial charge in [0.2, 0.25) is 0 Å². The highest BCUT2D eigenvalue weighted by Crippen LogP contribution is 2.23. The molecule has 0 atom stereocenters. The molecule has 7 heteroatoms. The summed E-state index contributed by atoms with van der Waals surface area (Å²) in [6.45, 7) is -0.0141. The van der Waals surface area contributed by atoms with Crippen LogP contribution >= 0.6 is 11.6 Å². The SMILES string of the molecule is CNS(=O)(=O)Nc1cc(C#CCCO)ccc1Cl. The predicted octanol–water partition coefficient (Wildman–Crippen LogP) is 0.950. The first-order valence-electron chi connectivity index (χ1n) is 5.09. The van der Waals surface area contributed by atoms with E-state index in [1.165, 1.54) is 13.1 Å². The average molecular weight is 289 g/mol. The predicted molar refractivity (Wildman–Crippen MR) is 71.6 cm³/mol. The third-order valence-electron chi connectivity index (χ3n) is 1.95. The first-order valence-corrected chi connectivity index (χ1v) is 6.95. The quantitative estimate of drug-likeness (QED) is 0.722. The maximum atomic E-state index is 11.3. The van der Waals surface area contributed by atoms with Crippen molar-refractivity contribution in [2.75, 3.05) is 18.4 Å². The molecule has 0 saturated heterocycles. The van der Waals surface area contributed by atoms with Crippen LogP contribution in [0.5, 0.6) is 0 Å². The molecule has 0 aliphatic carbocycles. The molecule has 0 bridgehead atoms. The van der Waals surface area contributed by atoms with E-state index in [4.69, 9.17) is 16.7 Å². The largest absolute Gasteiger partial charge is 0.395 e.